The van der Waals surface area contributed by atoms with Crippen LogP contribution in [0.5, 0.6) is 5.75 Å². The van der Waals surface area contributed by atoms with Crippen LogP contribution in [0.25, 0.3) is 0 Å². The number of hydrogen-bond donors (Lipinski definition) is 2. The molecule has 2 aromatic carbocycles. The number of ether oxygens (including phenoxy) is 1. The van der Waals surface area contributed by atoms with Crippen LogP contribution in [0, 0.1) is 0 Å². The molecule has 3 aromatic rings. The summed E-state index contributed by atoms with van der Waals surface area (Å²) in [6.07, 6.45) is 2.87. The molecule has 35 heavy (non-hydrogen) atoms. The molecule has 2 heterocycles. The lowest BCUT2D eigenvalue weighted by atomic mass is 9.61. The summed E-state index contributed by atoms with van der Waals surface area (Å²) in [6.45, 7) is -0.0516. The highest BCUT2D eigenvalue weighted by atomic mass is 19.3. The van der Waals surface area contributed by atoms with Crippen LogP contribution in [0.2, 0.25) is 0 Å². The van der Waals surface area contributed by atoms with Gasteiger partial charge in [0.2, 0.25) is 5.91 Å². The summed E-state index contributed by atoms with van der Waals surface area (Å²) in [7, 11) is 3.72. The number of nitrogens with one attached hydrogen (secondary N) is 1. The van der Waals surface area contributed by atoms with Gasteiger partial charge >= 0.3 is 0 Å². The van der Waals surface area contributed by atoms with E-state index in [1.807, 2.05) is 27.8 Å². The van der Waals surface area contributed by atoms with Gasteiger partial charge in [0.25, 0.3) is 11.8 Å². The summed E-state index contributed by atoms with van der Waals surface area (Å²) in [6, 6.07) is 15.7. The van der Waals surface area contributed by atoms with Gasteiger partial charge in [0, 0.05) is 24.0 Å². The predicted octanol–water partition coefficient (Wildman–Crippen LogP) is 1.34. The fraction of sp³-hybridized carbons (Fsp3) is 0.208. The van der Waals surface area contributed by atoms with E-state index in [-0.39, 0.29) is 24.6 Å². The number of carbonyl (C=O) groups is 2. The van der Waals surface area contributed by atoms with Crippen LogP contribution in [0.15, 0.2) is 67.0 Å². The first-order chi connectivity index (χ1) is 16.5. The van der Waals surface area contributed by atoms with Crippen molar-refractivity contribution in [3.8, 4) is 5.75 Å². The highest BCUT2D eigenvalue weighted by Gasteiger charge is 2.43. The quantitative estimate of drug-likeness (QED) is 0.479. The van der Waals surface area contributed by atoms with Gasteiger partial charge in [-0.15, -0.1) is 0 Å². The number of aromatic nitrogens is 1. The monoisotopic (exact) mass is 476 g/mol. The van der Waals surface area contributed by atoms with E-state index >= 15 is 0 Å². The van der Waals surface area contributed by atoms with Gasteiger partial charge in [-0.3, -0.25) is 19.5 Å². The van der Waals surface area contributed by atoms with Crippen LogP contribution < -0.4 is 15.8 Å². The minimum Gasteiger partial charge on any atom is -0.499 e. The molecule has 4 rings (SSSR count). The molecule has 1 aliphatic rings. The van der Waals surface area contributed by atoms with Gasteiger partial charge in [-0.05, 0) is 41.5 Å². The van der Waals surface area contributed by atoms with E-state index in [0.717, 1.165) is 11.1 Å². The SMILES string of the molecule is BC(B)(Oc1cncc(C(N)=O)c1)c1cccc(NC(=O)c2ccc(CN3CC(F)(F)C3)cc2)c1. The van der Waals surface area contributed by atoms with E-state index in [9.17, 15) is 18.4 Å². The first-order valence-electron chi connectivity index (χ1n) is 11.1. The Labute approximate surface area is 203 Å². The average molecular weight is 476 g/mol. The number of nitrogens with two attached hydrogens (primary N) is 1. The molecule has 0 saturated carbocycles. The highest BCUT2D eigenvalue weighted by molar-refractivity contribution is 6.39. The number of anilines is 1. The van der Waals surface area contributed by atoms with Crippen molar-refractivity contribution in [1.82, 2.24) is 9.88 Å². The van der Waals surface area contributed by atoms with Crippen molar-refractivity contribution in [2.75, 3.05) is 18.4 Å². The van der Waals surface area contributed by atoms with Crippen LogP contribution in [0.3, 0.4) is 0 Å². The number of alkyl halides is 2. The summed E-state index contributed by atoms with van der Waals surface area (Å²) in [5.74, 6) is -3.09. The number of carbonyl (C=O) groups excluding carboxylic acids is 2. The van der Waals surface area contributed by atoms with Crippen LogP contribution in [-0.2, 0) is 11.9 Å². The lowest BCUT2D eigenvalue weighted by molar-refractivity contribution is -0.133. The minimum atomic E-state index is -2.60. The third-order valence-corrected chi connectivity index (χ3v) is 5.72. The standard InChI is InChI=1S/C24H24B2F2N4O3/c25-24(26,35-20-8-17(21(29)33)10-30-11-20)18-2-1-3-19(9-18)31-22(34)16-6-4-15(5-7-16)12-32-13-23(27,28)14-32/h1-11H,12-14,25-26H2,(H2,29,33)(H,31,34). The summed E-state index contributed by atoms with van der Waals surface area (Å²) in [4.78, 5) is 29.8. The second kappa shape index (κ2) is 9.50. The molecule has 1 saturated heterocycles. The Kier molecular flexibility index (Phi) is 6.62. The largest absolute Gasteiger partial charge is 0.499 e. The van der Waals surface area contributed by atoms with Gasteiger partial charge in [-0.1, -0.05) is 24.3 Å². The second-order valence-corrected chi connectivity index (χ2v) is 9.12. The predicted molar refractivity (Wildman–Crippen MR) is 133 cm³/mol. The van der Waals surface area contributed by atoms with Crippen LogP contribution in [-0.4, -0.2) is 56.4 Å². The first kappa shape index (κ1) is 24.4. The molecular weight excluding hydrogens is 452 g/mol. The van der Waals surface area contributed by atoms with Crippen molar-refractivity contribution >= 4 is 33.2 Å². The van der Waals surface area contributed by atoms with Crippen molar-refractivity contribution in [3.63, 3.8) is 0 Å². The molecule has 0 spiro atoms. The number of primary amides is 1. The third-order valence-electron chi connectivity index (χ3n) is 5.72. The molecule has 7 nitrogen and oxygen atoms in total. The molecule has 0 aliphatic carbocycles. The van der Waals surface area contributed by atoms with Gasteiger partial charge in [0.05, 0.1) is 30.2 Å². The first-order valence-corrected chi connectivity index (χ1v) is 11.1. The number of amides is 2. The molecule has 0 radical (unpaired) electrons. The van der Waals surface area contributed by atoms with E-state index in [2.05, 4.69) is 10.3 Å². The lowest BCUT2D eigenvalue weighted by Gasteiger charge is -2.38. The van der Waals surface area contributed by atoms with Gasteiger partial charge in [-0.2, -0.15) is 0 Å². The van der Waals surface area contributed by atoms with E-state index in [1.54, 1.807) is 41.3 Å². The van der Waals surface area contributed by atoms with E-state index in [1.165, 1.54) is 18.5 Å². The number of likely N-dealkylation sites (tertiary alicyclic amines) is 1. The molecule has 2 amide bonds. The van der Waals surface area contributed by atoms with E-state index in [0.29, 0.717) is 23.5 Å². The Hall–Kier alpha value is -3.72. The van der Waals surface area contributed by atoms with Crippen LogP contribution in [0.1, 0.15) is 31.8 Å². The zero-order valence-corrected chi connectivity index (χ0v) is 19.4. The summed E-state index contributed by atoms with van der Waals surface area (Å²) in [5, 5.41) is 2.08. The third kappa shape index (κ3) is 6.05. The van der Waals surface area contributed by atoms with Crippen molar-refractivity contribution in [1.29, 1.82) is 0 Å². The smallest absolute Gasteiger partial charge is 0.272 e. The number of halogens is 2. The molecule has 11 heteroatoms. The Bertz CT molecular complexity index is 1250. The molecule has 178 valence electrons. The Balaban J connectivity index is 1.40. The molecule has 0 unspecified atom stereocenters. The minimum absolute atomic E-state index is 0.237. The zero-order chi connectivity index (χ0) is 25.2. The summed E-state index contributed by atoms with van der Waals surface area (Å²) < 4.78 is 32.1. The number of rotatable bonds is 8. The van der Waals surface area contributed by atoms with E-state index < -0.39 is 17.2 Å². The number of nitrogens with zero attached hydrogens (tertiary/aromatic N) is 2. The fourth-order valence-corrected chi connectivity index (χ4v) is 3.88. The highest BCUT2D eigenvalue weighted by Crippen LogP contribution is 2.28. The summed E-state index contributed by atoms with van der Waals surface area (Å²) >= 11 is 0. The van der Waals surface area contributed by atoms with E-state index in [4.69, 9.17) is 10.5 Å². The maximum absolute atomic E-state index is 13.0. The zero-order valence-electron chi connectivity index (χ0n) is 19.4. The number of hydrogen-bond acceptors (Lipinski definition) is 5. The molecule has 0 bridgehead atoms. The van der Waals surface area contributed by atoms with Crippen molar-refractivity contribution in [2.45, 2.75) is 17.9 Å². The molecule has 1 aromatic heterocycles. The van der Waals surface area contributed by atoms with Gasteiger partial charge in [0.15, 0.2) is 15.7 Å². The van der Waals surface area contributed by atoms with Crippen LogP contribution >= 0.6 is 0 Å². The normalized spacial score (nSPS) is 15.1. The molecular formula is C24H24B2F2N4O3. The lowest BCUT2D eigenvalue weighted by Crippen LogP contribution is -2.55. The molecule has 3 N–H and O–H groups in total. The second-order valence-electron chi connectivity index (χ2n) is 9.12. The van der Waals surface area contributed by atoms with Crippen LogP contribution in [0.4, 0.5) is 14.5 Å². The van der Waals surface area contributed by atoms with Gasteiger partial charge in [-0.25, -0.2) is 8.78 Å². The Morgan fingerprint density at radius 3 is 2.46 bits per heavy atom. The molecule has 1 fully saturated rings. The Morgan fingerprint density at radius 2 is 1.80 bits per heavy atom. The van der Waals surface area contributed by atoms with Crippen molar-refractivity contribution in [3.05, 3.63) is 89.2 Å². The van der Waals surface area contributed by atoms with Gasteiger partial charge < -0.3 is 15.8 Å². The Morgan fingerprint density at radius 1 is 1.09 bits per heavy atom. The average Bonchev–Trinajstić information content (AvgIpc) is 2.78. The van der Waals surface area contributed by atoms with Crippen molar-refractivity contribution in [2.24, 2.45) is 5.73 Å². The number of benzene rings is 2. The maximum Gasteiger partial charge on any atom is 0.272 e. The maximum atomic E-state index is 13.0. The molecule has 0 atom stereocenters. The number of pyridine rings is 1. The van der Waals surface area contributed by atoms with Gasteiger partial charge in [0.1, 0.15) is 5.75 Å². The summed E-state index contributed by atoms with van der Waals surface area (Å²) in [5.41, 5.74) is 8.26. The molecule has 1 aliphatic heterocycles. The fourth-order valence-electron chi connectivity index (χ4n) is 3.88. The van der Waals surface area contributed by atoms with Crippen molar-refractivity contribution < 1.29 is 23.1 Å². The topological polar surface area (TPSA) is 97.5 Å².